The molecule has 0 spiro atoms. The zero-order valence-corrected chi connectivity index (χ0v) is 15.5. The van der Waals surface area contributed by atoms with E-state index in [2.05, 4.69) is 44.4 Å². The maximum Gasteiger partial charge on any atom is 0.242 e. The number of morpholine rings is 1. The van der Waals surface area contributed by atoms with Gasteiger partial charge in [0.2, 0.25) is 5.91 Å². The first kappa shape index (κ1) is 17.9. The topological polar surface area (TPSA) is 57.7 Å². The minimum absolute atomic E-state index is 0.0392. The Kier molecular flexibility index (Phi) is 5.65. The summed E-state index contributed by atoms with van der Waals surface area (Å²) in [5.41, 5.74) is 3.62. The van der Waals surface area contributed by atoms with E-state index in [1.807, 2.05) is 12.1 Å². The molecule has 1 aromatic carbocycles. The van der Waals surface area contributed by atoms with E-state index in [9.17, 15) is 4.79 Å². The molecule has 0 radical (unpaired) electrons. The van der Waals surface area contributed by atoms with Crippen molar-refractivity contribution in [1.82, 2.24) is 15.2 Å². The van der Waals surface area contributed by atoms with E-state index >= 15 is 0 Å². The Labute approximate surface area is 160 Å². The van der Waals surface area contributed by atoms with Gasteiger partial charge in [0.15, 0.2) is 0 Å². The molecule has 1 atom stereocenters. The highest BCUT2D eigenvalue weighted by molar-refractivity contribution is 5.83. The Morgan fingerprint density at radius 2 is 2.00 bits per heavy atom. The molecule has 2 aliphatic heterocycles. The minimum Gasteiger partial charge on any atom is -0.379 e. The van der Waals surface area contributed by atoms with Gasteiger partial charge in [-0.15, -0.1) is 0 Å². The van der Waals surface area contributed by atoms with Gasteiger partial charge in [-0.05, 0) is 29.7 Å². The van der Waals surface area contributed by atoms with E-state index in [1.165, 1.54) is 11.3 Å². The Hall–Kier alpha value is -2.44. The molecule has 1 unspecified atom stereocenters. The molecule has 2 aromatic rings. The normalized spacial score (nSPS) is 18.1. The molecular weight excluding hydrogens is 340 g/mol. The molecule has 1 amide bonds. The first-order valence-electron chi connectivity index (χ1n) is 9.65. The number of hydrogen-bond donors (Lipinski definition) is 1. The number of carbonyl (C=O) groups is 1. The SMILES string of the molecule is O=C(NCCN1CCc2ccccc21)C(c1cccnc1)N1CCOCC1. The van der Waals surface area contributed by atoms with Crippen molar-refractivity contribution in [3.63, 3.8) is 0 Å². The van der Waals surface area contributed by atoms with E-state index in [-0.39, 0.29) is 11.9 Å². The molecule has 0 saturated carbocycles. The van der Waals surface area contributed by atoms with Crippen LogP contribution in [0, 0.1) is 0 Å². The summed E-state index contributed by atoms with van der Waals surface area (Å²) in [5.74, 6) is 0.0392. The van der Waals surface area contributed by atoms with Gasteiger partial charge in [0.05, 0.1) is 13.2 Å². The fraction of sp³-hybridized carbons (Fsp3) is 0.429. The lowest BCUT2D eigenvalue weighted by molar-refractivity contribution is -0.128. The van der Waals surface area contributed by atoms with Gasteiger partial charge in [-0.2, -0.15) is 0 Å². The van der Waals surface area contributed by atoms with E-state index in [0.29, 0.717) is 19.8 Å². The molecule has 1 fully saturated rings. The van der Waals surface area contributed by atoms with Gasteiger partial charge in [-0.3, -0.25) is 14.7 Å². The second-order valence-corrected chi connectivity index (χ2v) is 6.99. The first-order chi connectivity index (χ1) is 13.3. The lowest BCUT2D eigenvalue weighted by Crippen LogP contribution is -2.47. The number of hydrogen-bond acceptors (Lipinski definition) is 5. The zero-order chi connectivity index (χ0) is 18.5. The number of amides is 1. The maximum absolute atomic E-state index is 13.0. The Bertz CT molecular complexity index is 762. The third-order valence-corrected chi connectivity index (χ3v) is 5.32. The average Bonchev–Trinajstić information content (AvgIpc) is 3.13. The smallest absolute Gasteiger partial charge is 0.242 e. The van der Waals surface area contributed by atoms with Gasteiger partial charge in [-0.25, -0.2) is 0 Å². The summed E-state index contributed by atoms with van der Waals surface area (Å²) in [7, 11) is 0. The van der Waals surface area contributed by atoms with Crippen LogP contribution in [-0.2, 0) is 16.0 Å². The van der Waals surface area contributed by atoms with Gasteiger partial charge < -0.3 is 15.0 Å². The molecule has 1 aromatic heterocycles. The Morgan fingerprint density at radius 3 is 2.81 bits per heavy atom. The molecule has 6 nitrogen and oxygen atoms in total. The quantitative estimate of drug-likeness (QED) is 0.842. The average molecular weight is 366 g/mol. The van der Waals surface area contributed by atoms with Crippen molar-refractivity contribution < 1.29 is 9.53 Å². The summed E-state index contributed by atoms with van der Waals surface area (Å²) in [6.07, 6.45) is 4.61. The number of nitrogens with one attached hydrogen (secondary N) is 1. The fourth-order valence-electron chi connectivity index (χ4n) is 3.95. The summed E-state index contributed by atoms with van der Waals surface area (Å²) < 4.78 is 5.45. The highest BCUT2D eigenvalue weighted by atomic mass is 16.5. The number of rotatable bonds is 6. The predicted octanol–water partition coefficient (Wildman–Crippen LogP) is 1.63. The molecule has 4 rings (SSSR count). The van der Waals surface area contributed by atoms with Crippen LogP contribution in [0.25, 0.3) is 0 Å². The minimum atomic E-state index is -0.312. The third kappa shape index (κ3) is 4.12. The summed E-state index contributed by atoms with van der Waals surface area (Å²) in [4.78, 5) is 21.8. The Morgan fingerprint density at radius 1 is 1.15 bits per heavy atom. The van der Waals surface area contributed by atoms with E-state index in [4.69, 9.17) is 4.74 Å². The van der Waals surface area contributed by atoms with Crippen molar-refractivity contribution in [3.8, 4) is 0 Å². The molecule has 27 heavy (non-hydrogen) atoms. The number of benzene rings is 1. The number of ether oxygens (including phenoxy) is 1. The summed E-state index contributed by atoms with van der Waals surface area (Å²) in [5, 5.41) is 3.15. The number of fused-ring (bicyclic) bond motifs is 1. The van der Waals surface area contributed by atoms with Gasteiger partial charge >= 0.3 is 0 Å². The van der Waals surface area contributed by atoms with Crippen LogP contribution in [0.2, 0.25) is 0 Å². The van der Waals surface area contributed by atoms with Crippen molar-refractivity contribution in [1.29, 1.82) is 0 Å². The number of nitrogens with zero attached hydrogens (tertiary/aromatic N) is 3. The maximum atomic E-state index is 13.0. The van der Waals surface area contributed by atoms with Crippen LogP contribution in [0.4, 0.5) is 5.69 Å². The highest BCUT2D eigenvalue weighted by Gasteiger charge is 2.29. The first-order valence-corrected chi connectivity index (χ1v) is 9.65. The molecule has 3 heterocycles. The fourth-order valence-corrected chi connectivity index (χ4v) is 3.95. The molecule has 0 aliphatic carbocycles. The van der Waals surface area contributed by atoms with Crippen molar-refractivity contribution in [2.45, 2.75) is 12.5 Å². The van der Waals surface area contributed by atoms with Crippen LogP contribution < -0.4 is 10.2 Å². The highest BCUT2D eigenvalue weighted by Crippen LogP contribution is 2.27. The van der Waals surface area contributed by atoms with Gasteiger partial charge in [0.1, 0.15) is 6.04 Å². The second-order valence-electron chi connectivity index (χ2n) is 6.99. The van der Waals surface area contributed by atoms with Crippen LogP contribution in [0.5, 0.6) is 0 Å². The van der Waals surface area contributed by atoms with Gasteiger partial charge in [0.25, 0.3) is 0 Å². The van der Waals surface area contributed by atoms with Crippen molar-refractivity contribution in [2.24, 2.45) is 0 Å². The van der Waals surface area contributed by atoms with E-state index < -0.39 is 0 Å². The largest absolute Gasteiger partial charge is 0.379 e. The predicted molar refractivity (Wildman–Crippen MR) is 105 cm³/mol. The number of aromatic nitrogens is 1. The molecular formula is C21H26N4O2. The summed E-state index contributed by atoms with van der Waals surface area (Å²) in [6, 6.07) is 12.1. The molecule has 2 aliphatic rings. The van der Waals surface area contributed by atoms with E-state index in [0.717, 1.165) is 38.2 Å². The van der Waals surface area contributed by atoms with Gasteiger partial charge in [-0.1, -0.05) is 24.3 Å². The van der Waals surface area contributed by atoms with Crippen molar-refractivity contribution in [3.05, 3.63) is 59.9 Å². The number of anilines is 1. The van der Waals surface area contributed by atoms with E-state index in [1.54, 1.807) is 12.4 Å². The van der Waals surface area contributed by atoms with Gasteiger partial charge in [0, 0.05) is 50.8 Å². The summed E-state index contributed by atoms with van der Waals surface area (Å²) in [6.45, 7) is 5.31. The van der Waals surface area contributed by atoms with Crippen LogP contribution in [0.1, 0.15) is 17.2 Å². The lowest BCUT2D eigenvalue weighted by Gasteiger charge is -2.33. The molecule has 1 saturated heterocycles. The monoisotopic (exact) mass is 366 g/mol. The molecule has 142 valence electrons. The standard InChI is InChI=1S/C21H26N4O2/c26-21(23-9-11-24-10-7-17-4-1-2-6-19(17)24)20(18-5-3-8-22-16-18)25-12-14-27-15-13-25/h1-6,8,16,20H,7,9-15H2,(H,23,26). The third-order valence-electron chi connectivity index (χ3n) is 5.32. The van der Waals surface area contributed by atoms with Crippen LogP contribution in [0.3, 0.4) is 0 Å². The second kappa shape index (κ2) is 8.50. The van der Waals surface area contributed by atoms with Crippen molar-refractivity contribution in [2.75, 3.05) is 50.8 Å². The lowest BCUT2D eigenvalue weighted by atomic mass is 10.1. The van der Waals surface area contributed by atoms with Crippen molar-refractivity contribution >= 4 is 11.6 Å². The molecule has 0 bridgehead atoms. The van der Waals surface area contributed by atoms with Crippen LogP contribution in [0.15, 0.2) is 48.8 Å². The van der Waals surface area contributed by atoms with Crippen LogP contribution in [-0.4, -0.2) is 61.7 Å². The number of para-hydroxylation sites is 1. The zero-order valence-electron chi connectivity index (χ0n) is 15.5. The Balaban J connectivity index is 1.39. The number of pyridine rings is 1. The molecule has 1 N–H and O–H groups in total. The number of carbonyl (C=O) groups excluding carboxylic acids is 1. The van der Waals surface area contributed by atoms with Crippen LogP contribution >= 0.6 is 0 Å². The molecule has 6 heteroatoms. The summed E-state index contributed by atoms with van der Waals surface area (Å²) >= 11 is 0.